The van der Waals surface area contributed by atoms with E-state index >= 15 is 0 Å². The number of rotatable bonds is 4. The maximum Gasteiger partial charge on any atom is 0.221 e. The third-order valence-corrected chi connectivity index (χ3v) is 4.74. The molecule has 0 atom stereocenters. The van der Waals surface area contributed by atoms with E-state index in [4.69, 9.17) is 4.74 Å². The summed E-state index contributed by atoms with van der Waals surface area (Å²) in [5, 5.41) is 2.32. The summed E-state index contributed by atoms with van der Waals surface area (Å²) < 4.78 is 6.06. The predicted molar refractivity (Wildman–Crippen MR) is 101 cm³/mol. The fourth-order valence-electron chi connectivity index (χ4n) is 3.51. The number of anilines is 1. The molecule has 4 rings (SSSR count). The van der Waals surface area contributed by atoms with Gasteiger partial charge in [0.05, 0.1) is 0 Å². The topological polar surface area (TPSA) is 38.2 Å². The van der Waals surface area contributed by atoms with Crippen LogP contribution in [0.5, 0.6) is 5.88 Å². The fourth-order valence-corrected chi connectivity index (χ4v) is 3.51. The molecule has 4 nitrogen and oxygen atoms in total. The SMILES string of the molecule is Cc1cc2c(N3CCCCC3)cccc2c(OCc2cccnc2)n1. The Balaban J connectivity index is 1.69. The molecule has 1 aromatic carbocycles. The minimum absolute atomic E-state index is 0.479. The smallest absolute Gasteiger partial charge is 0.221 e. The van der Waals surface area contributed by atoms with Gasteiger partial charge in [0, 0.05) is 53.2 Å². The third kappa shape index (κ3) is 3.43. The molecule has 1 saturated heterocycles. The molecule has 1 aliphatic rings. The van der Waals surface area contributed by atoms with E-state index in [0.29, 0.717) is 12.5 Å². The second kappa shape index (κ2) is 7.09. The number of pyridine rings is 2. The third-order valence-electron chi connectivity index (χ3n) is 4.74. The van der Waals surface area contributed by atoms with Crippen LogP contribution >= 0.6 is 0 Å². The van der Waals surface area contributed by atoms with Gasteiger partial charge < -0.3 is 9.64 Å². The molecule has 1 aliphatic heterocycles. The van der Waals surface area contributed by atoms with Crippen LogP contribution in [0.1, 0.15) is 30.5 Å². The van der Waals surface area contributed by atoms with Gasteiger partial charge in [-0.15, -0.1) is 0 Å². The standard InChI is InChI=1S/C21H23N3O/c1-16-13-19-18(8-5-9-20(19)24-11-3-2-4-12-24)21(23-16)25-15-17-7-6-10-22-14-17/h5-10,13-14H,2-4,11-12,15H2,1H3. The van der Waals surface area contributed by atoms with Crippen molar-refractivity contribution in [2.45, 2.75) is 32.8 Å². The van der Waals surface area contributed by atoms with Crippen molar-refractivity contribution in [1.29, 1.82) is 0 Å². The number of benzene rings is 1. The molecule has 4 heteroatoms. The van der Waals surface area contributed by atoms with Crippen LogP contribution in [-0.2, 0) is 6.61 Å². The lowest BCUT2D eigenvalue weighted by atomic mass is 10.1. The Labute approximate surface area is 148 Å². The number of piperidine rings is 1. The number of aryl methyl sites for hydroxylation is 1. The molecule has 0 spiro atoms. The van der Waals surface area contributed by atoms with Gasteiger partial charge in [0.15, 0.2) is 0 Å². The van der Waals surface area contributed by atoms with E-state index in [1.165, 1.54) is 30.3 Å². The number of ether oxygens (including phenoxy) is 1. The van der Waals surface area contributed by atoms with Crippen LogP contribution in [0.3, 0.4) is 0 Å². The van der Waals surface area contributed by atoms with Gasteiger partial charge in [-0.2, -0.15) is 0 Å². The van der Waals surface area contributed by atoms with Crippen molar-refractivity contribution in [3.05, 3.63) is 60.0 Å². The summed E-state index contributed by atoms with van der Waals surface area (Å²) in [5.41, 5.74) is 3.33. The first kappa shape index (κ1) is 15.9. The first-order chi connectivity index (χ1) is 12.3. The van der Waals surface area contributed by atoms with E-state index in [1.807, 2.05) is 25.3 Å². The molecule has 0 radical (unpaired) electrons. The van der Waals surface area contributed by atoms with Crippen LogP contribution in [0.25, 0.3) is 10.8 Å². The Hall–Kier alpha value is -2.62. The highest BCUT2D eigenvalue weighted by molar-refractivity contribution is 5.97. The van der Waals surface area contributed by atoms with E-state index in [0.717, 1.165) is 29.7 Å². The first-order valence-electron chi connectivity index (χ1n) is 8.98. The molecule has 25 heavy (non-hydrogen) atoms. The maximum absolute atomic E-state index is 6.06. The summed E-state index contributed by atoms with van der Waals surface area (Å²) in [6, 6.07) is 12.6. The highest BCUT2D eigenvalue weighted by Gasteiger charge is 2.16. The van der Waals surface area contributed by atoms with Gasteiger partial charge in [0.1, 0.15) is 6.61 Å². The summed E-state index contributed by atoms with van der Waals surface area (Å²) in [6.07, 6.45) is 7.48. The van der Waals surface area contributed by atoms with E-state index < -0.39 is 0 Å². The van der Waals surface area contributed by atoms with E-state index in [1.54, 1.807) is 6.20 Å². The highest BCUT2D eigenvalue weighted by Crippen LogP contribution is 2.34. The predicted octanol–water partition coefficient (Wildman–Crippen LogP) is 4.51. The molecule has 3 aromatic rings. The Morgan fingerprint density at radius 1 is 1.04 bits per heavy atom. The van der Waals surface area contributed by atoms with Crippen LogP contribution in [-0.4, -0.2) is 23.1 Å². The maximum atomic E-state index is 6.06. The minimum atomic E-state index is 0.479. The van der Waals surface area contributed by atoms with Gasteiger partial charge in [0.25, 0.3) is 0 Å². The van der Waals surface area contributed by atoms with Crippen molar-refractivity contribution < 1.29 is 4.74 Å². The Morgan fingerprint density at radius 2 is 1.92 bits per heavy atom. The van der Waals surface area contributed by atoms with Crippen molar-refractivity contribution in [2.24, 2.45) is 0 Å². The number of nitrogens with zero attached hydrogens (tertiary/aromatic N) is 3. The van der Waals surface area contributed by atoms with Crippen LogP contribution < -0.4 is 9.64 Å². The summed E-state index contributed by atoms with van der Waals surface area (Å²) >= 11 is 0. The second-order valence-electron chi connectivity index (χ2n) is 6.64. The molecular weight excluding hydrogens is 310 g/mol. The van der Waals surface area contributed by atoms with Crippen LogP contribution in [0, 0.1) is 6.92 Å². The summed E-state index contributed by atoms with van der Waals surface area (Å²) in [7, 11) is 0. The molecule has 0 bridgehead atoms. The second-order valence-corrected chi connectivity index (χ2v) is 6.64. The molecular formula is C21H23N3O. The zero-order valence-electron chi connectivity index (χ0n) is 14.6. The van der Waals surface area contributed by atoms with Gasteiger partial charge >= 0.3 is 0 Å². The van der Waals surface area contributed by atoms with Gasteiger partial charge in [-0.05, 0) is 50.5 Å². The van der Waals surface area contributed by atoms with Crippen LogP contribution in [0.2, 0.25) is 0 Å². The molecule has 1 fully saturated rings. The van der Waals surface area contributed by atoms with Crippen LogP contribution in [0.4, 0.5) is 5.69 Å². The molecule has 2 aromatic heterocycles. The number of fused-ring (bicyclic) bond motifs is 1. The molecule has 0 amide bonds. The van der Waals surface area contributed by atoms with Crippen molar-refractivity contribution in [3.63, 3.8) is 0 Å². The lowest BCUT2D eigenvalue weighted by Gasteiger charge is -2.30. The lowest BCUT2D eigenvalue weighted by molar-refractivity contribution is 0.297. The van der Waals surface area contributed by atoms with Gasteiger partial charge in [-0.3, -0.25) is 4.98 Å². The van der Waals surface area contributed by atoms with Crippen molar-refractivity contribution in [1.82, 2.24) is 9.97 Å². The average molecular weight is 333 g/mol. The molecule has 0 unspecified atom stereocenters. The highest BCUT2D eigenvalue weighted by atomic mass is 16.5. The number of aromatic nitrogens is 2. The van der Waals surface area contributed by atoms with Crippen molar-refractivity contribution >= 4 is 16.5 Å². The average Bonchev–Trinajstić information content (AvgIpc) is 2.67. The zero-order valence-corrected chi connectivity index (χ0v) is 14.6. The zero-order chi connectivity index (χ0) is 17.1. The summed E-state index contributed by atoms with van der Waals surface area (Å²) in [6.45, 7) is 4.77. The minimum Gasteiger partial charge on any atom is -0.472 e. The summed E-state index contributed by atoms with van der Waals surface area (Å²) in [4.78, 5) is 11.3. The molecule has 0 N–H and O–H groups in total. The van der Waals surface area contributed by atoms with Gasteiger partial charge in [-0.25, -0.2) is 4.98 Å². The normalized spacial score (nSPS) is 14.7. The molecule has 0 saturated carbocycles. The monoisotopic (exact) mass is 333 g/mol. The molecule has 0 aliphatic carbocycles. The Bertz CT molecular complexity index is 858. The fraction of sp³-hybridized carbons (Fsp3) is 0.333. The molecule has 3 heterocycles. The van der Waals surface area contributed by atoms with Gasteiger partial charge in [-0.1, -0.05) is 12.1 Å². The van der Waals surface area contributed by atoms with E-state index in [2.05, 4.69) is 39.1 Å². The quantitative estimate of drug-likeness (QED) is 0.704. The molecule has 128 valence electrons. The summed E-state index contributed by atoms with van der Waals surface area (Å²) in [5.74, 6) is 0.706. The largest absolute Gasteiger partial charge is 0.472 e. The first-order valence-corrected chi connectivity index (χ1v) is 8.98. The number of hydrogen-bond acceptors (Lipinski definition) is 4. The van der Waals surface area contributed by atoms with Gasteiger partial charge in [0.2, 0.25) is 5.88 Å². The van der Waals surface area contributed by atoms with E-state index in [-0.39, 0.29) is 0 Å². The van der Waals surface area contributed by atoms with Crippen molar-refractivity contribution in [2.75, 3.05) is 18.0 Å². The van der Waals surface area contributed by atoms with Crippen LogP contribution in [0.15, 0.2) is 48.8 Å². The lowest BCUT2D eigenvalue weighted by Crippen LogP contribution is -2.29. The van der Waals surface area contributed by atoms with E-state index in [9.17, 15) is 0 Å². The number of hydrogen-bond donors (Lipinski definition) is 0. The Kier molecular flexibility index (Phi) is 4.51. The van der Waals surface area contributed by atoms with Crippen molar-refractivity contribution in [3.8, 4) is 5.88 Å². The Morgan fingerprint density at radius 3 is 2.72 bits per heavy atom.